The number of hydrogen-bond donors (Lipinski definition) is 0. The molecule has 0 saturated carbocycles. The summed E-state index contributed by atoms with van der Waals surface area (Å²) < 4.78 is 60.4. The van der Waals surface area contributed by atoms with E-state index < -0.39 is 27.8 Å². The largest absolute Gasteiger partial charge is 0.416 e. The van der Waals surface area contributed by atoms with Crippen LogP contribution in [0.4, 0.5) is 22.0 Å². The number of alkyl halides is 3. The monoisotopic (exact) mass is 260 g/mol. The summed E-state index contributed by atoms with van der Waals surface area (Å²) in [7, 11) is 0. The lowest BCUT2D eigenvalue weighted by Crippen LogP contribution is -2.06. The van der Waals surface area contributed by atoms with Crippen molar-refractivity contribution in [1.29, 1.82) is 0 Å². The second-order valence-corrected chi connectivity index (χ2v) is 3.04. The second kappa shape index (κ2) is 3.25. The number of halogens is 6. The standard InChI is InChI=1S/C7H2BrF5/c8-6-4(9)1-3(2-5(6)10)7(11,12)13/h1-2H. The Morgan fingerprint density at radius 3 is 1.69 bits per heavy atom. The van der Waals surface area contributed by atoms with E-state index in [-0.39, 0.29) is 12.1 Å². The van der Waals surface area contributed by atoms with Gasteiger partial charge in [-0.2, -0.15) is 13.2 Å². The van der Waals surface area contributed by atoms with Crippen LogP contribution in [0, 0.1) is 11.6 Å². The van der Waals surface area contributed by atoms with Crippen LogP contribution in [0.2, 0.25) is 0 Å². The van der Waals surface area contributed by atoms with Crippen LogP contribution in [0.25, 0.3) is 0 Å². The Bertz CT molecular complexity index is 307. The van der Waals surface area contributed by atoms with E-state index in [1.165, 1.54) is 0 Å². The molecule has 0 amide bonds. The zero-order chi connectivity index (χ0) is 10.2. The molecule has 1 rings (SSSR count). The van der Waals surface area contributed by atoms with Gasteiger partial charge in [-0.25, -0.2) is 8.78 Å². The van der Waals surface area contributed by atoms with E-state index in [4.69, 9.17) is 0 Å². The Hall–Kier alpha value is -0.650. The fraction of sp³-hybridized carbons (Fsp3) is 0.143. The Kier molecular flexibility index (Phi) is 2.61. The van der Waals surface area contributed by atoms with Crippen molar-refractivity contribution in [2.45, 2.75) is 6.18 Å². The third kappa shape index (κ3) is 2.18. The molecule has 1 aromatic carbocycles. The highest BCUT2D eigenvalue weighted by Gasteiger charge is 2.32. The SMILES string of the molecule is Fc1cc(C(F)(F)F)cc(F)c1Br. The molecule has 0 saturated heterocycles. The topological polar surface area (TPSA) is 0 Å². The van der Waals surface area contributed by atoms with Crippen molar-refractivity contribution in [3.63, 3.8) is 0 Å². The summed E-state index contributed by atoms with van der Waals surface area (Å²) >= 11 is 2.46. The summed E-state index contributed by atoms with van der Waals surface area (Å²) in [4.78, 5) is 0. The Morgan fingerprint density at radius 2 is 1.38 bits per heavy atom. The van der Waals surface area contributed by atoms with Crippen LogP contribution in [0.3, 0.4) is 0 Å². The molecule has 6 heteroatoms. The summed E-state index contributed by atoms with van der Waals surface area (Å²) in [5.41, 5.74) is -1.34. The molecule has 0 aliphatic carbocycles. The molecular weight excluding hydrogens is 259 g/mol. The first kappa shape index (κ1) is 10.4. The summed E-state index contributed by atoms with van der Waals surface area (Å²) in [5.74, 6) is -2.54. The molecule has 0 bridgehead atoms. The van der Waals surface area contributed by atoms with Crippen LogP contribution in [-0.4, -0.2) is 0 Å². The molecule has 0 fully saturated rings. The van der Waals surface area contributed by atoms with Crippen LogP contribution in [0.5, 0.6) is 0 Å². The first-order valence-corrected chi connectivity index (χ1v) is 3.83. The lowest BCUT2D eigenvalue weighted by Gasteiger charge is -2.07. The molecule has 0 radical (unpaired) electrons. The zero-order valence-electron chi connectivity index (χ0n) is 5.92. The highest BCUT2D eigenvalue weighted by Crippen LogP contribution is 2.32. The lowest BCUT2D eigenvalue weighted by molar-refractivity contribution is -0.138. The molecule has 0 unspecified atom stereocenters. The normalized spacial score (nSPS) is 11.8. The van der Waals surface area contributed by atoms with Gasteiger partial charge >= 0.3 is 6.18 Å². The lowest BCUT2D eigenvalue weighted by atomic mass is 10.2. The Morgan fingerprint density at radius 1 is 1.00 bits per heavy atom. The fourth-order valence-corrected chi connectivity index (χ4v) is 0.948. The van der Waals surface area contributed by atoms with Gasteiger partial charge in [-0.15, -0.1) is 0 Å². The van der Waals surface area contributed by atoms with Gasteiger partial charge in [0.05, 0.1) is 10.0 Å². The third-order valence-corrected chi connectivity index (χ3v) is 2.07. The third-order valence-electron chi connectivity index (χ3n) is 1.31. The maximum atomic E-state index is 12.6. The van der Waals surface area contributed by atoms with Gasteiger partial charge in [-0.05, 0) is 28.1 Å². The van der Waals surface area contributed by atoms with Crippen molar-refractivity contribution in [3.05, 3.63) is 33.8 Å². The fourth-order valence-electron chi connectivity index (χ4n) is 0.719. The van der Waals surface area contributed by atoms with Crippen LogP contribution in [-0.2, 0) is 6.18 Å². The number of rotatable bonds is 0. The van der Waals surface area contributed by atoms with E-state index in [0.717, 1.165) is 0 Å². The smallest absolute Gasteiger partial charge is 0.206 e. The molecule has 13 heavy (non-hydrogen) atoms. The molecule has 0 heterocycles. The average Bonchev–Trinajstić information content (AvgIpc) is 1.97. The maximum absolute atomic E-state index is 12.6. The van der Waals surface area contributed by atoms with Crippen LogP contribution in [0.1, 0.15) is 5.56 Å². The first-order valence-electron chi connectivity index (χ1n) is 3.04. The molecule has 1 aromatic rings. The van der Waals surface area contributed by atoms with E-state index in [1.54, 1.807) is 0 Å². The van der Waals surface area contributed by atoms with Gasteiger partial charge in [-0.3, -0.25) is 0 Å². The average molecular weight is 261 g/mol. The van der Waals surface area contributed by atoms with Crippen molar-refractivity contribution < 1.29 is 22.0 Å². The van der Waals surface area contributed by atoms with Gasteiger partial charge in [-0.1, -0.05) is 0 Å². The van der Waals surface area contributed by atoms with Crippen LogP contribution >= 0.6 is 15.9 Å². The molecule has 0 nitrogen and oxygen atoms in total. The van der Waals surface area contributed by atoms with E-state index >= 15 is 0 Å². The Balaban J connectivity index is 3.29. The van der Waals surface area contributed by atoms with Crippen molar-refractivity contribution in [2.75, 3.05) is 0 Å². The molecule has 72 valence electrons. The van der Waals surface area contributed by atoms with Crippen molar-refractivity contribution in [3.8, 4) is 0 Å². The molecule has 0 aliphatic heterocycles. The van der Waals surface area contributed by atoms with Gasteiger partial charge < -0.3 is 0 Å². The van der Waals surface area contributed by atoms with Crippen molar-refractivity contribution >= 4 is 15.9 Å². The summed E-state index contributed by atoms with van der Waals surface area (Å²) in [6, 6.07) is 0.459. The van der Waals surface area contributed by atoms with E-state index in [9.17, 15) is 22.0 Å². The van der Waals surface area contributed by atoms with Gasteiger partial charge in [0.1, 0.15) is 11.6 Å². The molecular formula is C7H2BrF5. The molecule has 0 aromatic heterocycles. The molecule has 0 spiro atoms. The maximum Gasteiger partial charge on any atom is 0.416 e. The highest BCUT2D eigenvalue weighted by atomic mass is 79.9. The summed E-state index contributed by atoms with van der Waals surface area (Å²) in [6.07, 6.45) is -4.73. The molecule has 0 aliphatic rings. The highest BCUT2D eigenvalue weighted by molar-refractivity contribution is 9.10. The Labute approximate surface area is 78.5 Å². The predicted molar refractivity (Wildman–Crippen MR) is 39.1 cm³/mol. The number of benzene rings is 1. The molecule has 0 N–H and O–H groups in total. The van der Waals surface area contributed by atoms with Gasteiger partial charge in [0, 0.05) is 0 Å². The van der Waals surface area contributed by atoms with E-state index in [1.807, 2.05) is 0 Å². The minimum Gasteiger partial charge on any atom is -0.206 e. The zero-order valence-corrected chi connectivity index (χ0v) is 7.51. The predicted octanol–water partition coefficient (Wildman–Crippen LogP) is 3.75. The summed E-state index contributed by atoms with van der Waals surface area (Å²) in [5, 5.41) is 0. The summed E-state index contributed by atoms with van der Waals surface area (Å²) in [6.45, 7) is 0. The van der Waals surface area contributed by atoms with Crippen molar-refractivity contribution in [2.24, 2.45) is 0 Å². The van der Waals surface area contributed by atoms with Gasteiger partial charge in [0.15, 0.2) is 0 Å². The molecule has 0 atom stereocenters. The minimum absolute atomic E-state index is 0.229. The minimum atomic E-state index is -4.73. The van der Waals surface area contributed by atoms with E-state index in [2.05, 4.69) is 15.9 Å². The quantitative estimate of drug-likeness (QED) is 0.493. The van der Waals surface area contributed by atoms with Gasteiger partial charge in [0.25, 0.3) is 0 Å². The van der Waals surface area contributed by atoms with Crippen LogP contribution in [0.15, 0.2) is 16.6 Å². The second-order valence-electron chi connectivity index (χ2n) is 2.25. The van der Waals surface area contributed by atoms with Crippen molar-refractivity contribution in [1.82, 2.24) is 0 Å². The van der Waals surface area contributed by atoms with E-state index in [0.29, 0.717) is 0 Å². The first-order chi connectivity index (χ1) is 5.82. The number of hydrogen-bond acceptors (Lipinski definition) is 0. The van der Waals surface area contributed by atoms with Crippen LogP contribution < -0.4 is 0 Å². The van der Waals surface area contributed by atoms with Gasteiger partial charge in [0.2, 0.25) is 0 Å².